The maximum Gasteiger partial charge on any atom is 0.213 e. The van der Waals surface area contributed by atoms with E-state index < -0.39 is 0 Å². The lowest BCUT2D eigenvalue weighted by molar-refractivity contribution is -0.456. The molecule has 0 bridgehead atoms. The van der Waals surface area contributed by atoms with Gasteiger partial charge < -0.3 is 11.5 Å². The number of aromatic amines is 1. The lowest BCUT2D eigenvalue weighted by atomic mass is 9.71. The summed E-state index contributed by atoms with van der Waals surface area (Å²) in [5.74, 6) is 0.469. The van der Waals surface area contributed by atoms with Crippen LogP contribution in [0.2, 0.25) is 0 Å². The topological polar surface area (TPSA) is 150 Å². The average Bonchev–Trinajstić information content (AvgIpc) is 3.50. The maximum atomic E-state index is 9.38. The van der Waals surface area contributed by atoms with Gasteiger partial charge in [-0.1, -0.05) is 4.68 Å². The van der Waals surface area contributed by atoms with Crippen LogP contribution in [0.1, 0.15) is 37.8 Å². The van der Waals surface area contributed by atoms with Gasteiger partial charge in [0.15, 0.2) is 6.21 Å². The molecule has 3 aromatic rings. The number of anilines is 1. The Morgan fingerprint density at radius 2 is 2.19 bits per heavy atom. The fourth-order valence-electron chi connectivity index (χ4n) is 4.27. The van der Waals surface area contributed by atoms with Gasteiger partial charge in [0, 0.05) is 12.1 Å². The van der Waals surface area contributed by atoms with Gasteiger partial charge in [-0.2, -0.15) is 15.5 Å². The first-order valence-corrected chi connectivity index (χ1v) is 10.2. The van der Waals surface area contributed by atoms with E-state index in [1.807, 2.05) is 18.5 Å². The number of hydrogen-bond acceptors (Lipinski definition) is 7. The molecule has 0 unspecified atom stereocenters. The van der Waals surface area contributed by atoms with E-state index in [0.717, 1.165) is 42.5 Å². The molecule has 4 heterocycles. The maximum absolute atomic E-state index is 9.38. The van der Waals surface area contributed by atoms with Crippen LogP contribution in [-0.2, 0) is 0 Å². The van der Waals surface area contributed by atoms with E-state index in [-0.39, 0.29) is 11.5 Å². The van der Waals surface area contributed by atoms with Crippen LogP contribution >= 0.6 is 0 Å². The molecular formula is C21H23N10+. The summed E-state index contributed by atoms with van der Waals surface area (Å²) in [5, 5.41) is 25.2. The molecule has 0 saturated heterocycles. The zero-order chi connectivity index (χ0) is 21.4. The number of nitrogens with zero attached hydrogens (tertiary/aromatic N) is 7. The van der Waals surface area contributed by atoms with Crippen LogP contribution in [0.25, 0.3) is 22.5 Å². The fourth-order valence-corrected chi connectivity index (χ4v) is 4.27. The Kier molecular flexibility index (Phi) is 4.60. The van der Waals surface area contributed by atoms with Crippen molar-refractivity contribution >= 4 is 29.3 Å². The van der Waals surface area contributed by atoms with Crippen LogP contribution in [0.5, 0.6) is 0 Å². The second-order valence-electron chi connectivity index (χ2n) is 8.22. The summed E-state index contributed by atoms with van der Waals surface area (Å²) in [4.78, 5) is 4.82. The number of nitrogens with two attached hydrogens (primary N) is 2. The highest BCUT2D eigenvalue weighted by atomic mass is 15.4. The van der Waals surface area contributed by atoms with Gasteiger partial charge in [-0.25, -0.2) is 9.50 Å². The fraction of sp³-hybridized carbons (Fsp3) is 0.333. The van der Waals surface area contributed by atoms with E-state index in [4.69, 9.17) is 16.5 Å². The van der Waals surface area contributed by atoms with Crippen molar-refractivity contribution in [2.45, 2.75) is 38.1 Å². The molecule has 2 aliphatic rings. The SMILES string of the molecule is N#CC[C@]1(/C=[N+]2\C=C(c3nc(-c4cc(N)[nH]n4)cn4nccc34)C=N2)CC[C@H](N)CC1. The van der Waals surface area contributed by atoms with E-state index in [9.17, 15) is 5.26 Å². The highest BCUT2D eigenvalue weighted by Gasteiger charge is 2.37. The van der Waals surface area contributed by atoms with E-state index in [1.165, 1.54) is 0 Å². The third-order valence-electron chi connectivity index (χ3n) is 5.99. The Balaban J connectivity index is 1.53. The summed E-state index contributed by atoms with van der Waals surface area (Å²) in [6, 6.07) is 6.20. The number of allylic oxidation sites excluding steroid dienone is 1. The smallest absolute Gasteiger partial charge is 0.213 e. The van der Waals surface area contributed by atoms with Gasteiger partial charge in [-0.15, -0.1) is 0 Å². The van der Waals surface area contributed by atoms with Gasteiger partial charge in [-0.3, -0.25) is 5.10 Å². The summed E-state index contributed by atoms with van der Waals surface area (Å²) in [5.41, 5.74) is 15.4. The minimum absolute atomic E-state index is 0.207. The molecule has 1 aliphatic carbocycles. The number of nitrogen functional groups attached to an aromatic ring is 1. The molecule has 0 spiro atoms. The van der Waals surface area contributed by atoms with Crippen LogP contribution in [0, 0.1) is 16.7 Å². The number of nitriles is 1. The molecule has 0 amide bonds. The number of nitrogens with one attached hydrogen (secondary N) is 1. The van der Waals surface area contributed by atoms with Crippen LogP contribution in [0.15, 0.2) is 35.8 Å². The van der Waals surface area contributed by atoms with Crippen LogP contribution < -0.4 is 11.5 Å². The van der Waals surface area contributed by atoms with Crippen molar-refractivity contribution < 1.29 is 4.68 Å². The van der Waals surface area contributed by atoms with Crippen LogP contribution in [0.3, 0.4) is 0 Å². The molecule has 10 nitrogen and oxygen atoms in total. The molecule has 0 aromatic carbocycles. The molecule has 31 heavy (non-hydrogen) atoms. The van der Waals surface area contributed by atoms with Crippen molar-refractivity contribution in [2.24, 2.45) is 16.3 Å². The molecule has 1 aliphatic heterocycles. The monoisotopic (exact) mass is 415 g/mol. The van der Waals surface area contributed by atoms with Crippen molar-refractivity contribution in [3.05, 3.63) is 36.4 Å². The Morgan fingerprint density at radius 3 is 2.94 bits per heavy atom. The lowest BCUT2D eigenvalue weighted by Gasteiger charge is -2.32. The van der Waals surface area contributed by atoms with Gasteiger partial charge in [-0.05, 0) is 36.9 Å². The number of aromatic nitrogens is 5. The van der Waals surface area contributed by atoms with Crippen molar-refractivity contribution in [2.75, 3.05) is 5.73 Å². The second kappa shape index (κ2) is 7.45. The zero-order valence-electron chi connectivity index (χ0n) is 16.9. The van der Waals surface area contributed by atoms with Gasteiger partial charge in [0.05, 0.1) is 41.4 Å². The first-order valence-electron chi connectivity index (χ1n) is 10.2. The number of rotatable bonds is 4. The second-order valence-corrected chi connectivity index (χ2v) is 8.22. The lowest BCUT2D eigenvalue weighted by Crippen LogP contribution is -2.36. The quantitative estimate of drug-likeness (QED) is 0.554. The summed E-state index contributed by atoms with van der Waals surface area (Å²) >= 11 is 0. The number of fused-ring (bicyclic) bond motifs is 1. The average molecular weight is 415 g/mol. The molecular weight excluding hydrogens is 392 g/mol. The third kappa shape index (κ3) is 3.60. The third-order valence-corrected chi connectivity index (χ3v) is 5.99. The molecule has 3 aromatic heterocycles. The van der Waals surface area contributed by atoms with Crippen LogP contribution in [0.4, 0.5) is 5.82 Å². The van der Waals surface area contributed by atoms with E-state index in [1.54, 1.807) is 27.7 Å². The van der Waals surface area contributed by atoms with Crippen molar-refractivity contribution in [1.29, 1.82) is 5.26 Å². The minimum atomic E-state index is -0.207. The molecule has 1 fully saturated rings. The molecule has 156 valence electrons. The van der Waals surface area contributed by atoms with Crippen molar-refractivity contribution in [1.82, 2.24) is 24.8 Å². The van der Waals surface area contributed by atoms with Gasteiger partial charge in [0.25, 0.3) is 0 Å². The summed E-state index contributed by atoms with van der Waals surface area (Å²) in [7, 11) is 0. The Labute approximate surface area is 178 Å². The van der Waals surface area contributed by atoms with Crippen LogP contribution in [-0.4, -0.2) is 48.0 Å². The standard InChI is InChI=1S/C21H23N10/c22-7-6-21(4-1-15(23)2-5-21)13-30-11-14(10-26-30)20-18-3-8-25-31(18)12-17(27-20)16-9-19(24)29-28-16/h3,8-13,15H,1-2,4-6,23H2,(H3,24,28,29)/q+1/b30-13+/t15-,21-. The van der Waals surface area contributed by atoms with E-state index >= 15 is 0 Å². The highest BCUT2D eigenvalue weighted by molar-refractivity contribution is 6.12. The largest absolute Gasteiger partial charge is 0.384 e. The first-order chi connectivity index (χ1) is 15.0. The Hall–Kier alpha value is -3.84. The molecule has 1 saturated carbocycles. The molecule has 5 rings (SSSR count). The number of hydrogen-bond donors (Lipinski definition) is 3. The molecule has 0 atom stereocenters. The first kappa shape index (κ1) is 19.1. The Bertz CT molecular complexity index is 1260. The highest BCUT2D eigenvalue weighted by Crippen LogP contribution is 2.37. The number of hydrazone groups is 1. The Morgan fingerprint density at radius 1 is 1.35 bits per heavy atom. The molecule has 0 radical (unpaired) electrons. The van der Waals surface area contributed by atoms with Crippen molar-refractivity contribution in [3.8, 4) is 17.5 Å². The van der Waals surface area contributed by atoms with Crippen molar-refractivity contribution in [3.63, 3.8) is 0 Å². The normalized spacial score (nSPS) is 24.6. The molecule has 10 heteroatoms. The predicted molar refractivity (Wildman–Crippen MR) is 117 cm³/mol. The summed E-state index contributed by atoms with van der Waals surface area (Å²) < 4.78 is 3.57. The summed E-state index contributed by atoms with van der Waals surface area (Å²) in [6.07, 6.45) is 13.4. The van der Waals surface area contributed by atoms with Gasteiger partial charge >= 0.3 is 0 Å². The predicted octanol–water partition coefficient (Wildman–Crippen LogP) is 1.93. The van der Waals surface area contributed by atoms with Gasteiger partial charge in [0.2, 0.25) is 6.20 Å². The van der Waals surface area contributed by atoms with E-state index in [2.05, 4.69) is 32.7 Å². The number of H-pyrrole nitrogens is 1. The van der Waals surface area contributed by atoms with E-state index in [0.29, 0.717) is 23.6 Å². The zero-order valence-corrected chi connectivity index (χ0v) is 16.9. The summed E-state index contributed by atoms with van der Waals surface area (Å²) in [6.45, 7) is 0. The minimum Gasteiger partial charge on any atom is -0.384 e. The molecule has 5 N–H and O–H groups in total. The van der Waals surface area contributed by atoms with Gasteiger partial charge in [0.1, 0.15) is 29.1 Å².